The molecule has 2 amide bonds. The van der Waals surface area contributed by atoms with Crippen LogP contribution in [0.3, 0.4) is 0 Å². The van der Waals surface area contributed by atoms with Gasteiger partial charge in [-0.2, -0.15) is 0 Å². The molecule has 3 rings (SSSR count). The summed E-state index contributed by atoms with van der Waals surface area (Å²) in [6.07, 6.45) is 1.07. The number of carbonyl (C=O) groups excluding carboxylic acids is 2. The number of amides is 2. The minimum atomic E-state index is -0.390. The Bertz CT molecular complexity index is 907. The molecule has 0 atom stereocenters. The fraction of sp³-hybridized carbons (Fsp3) is 0.0909. The van der Waals surface area contributed by atoms with E-state index in [-0.39, 0.29) is 17.6 Å². The van der Waals surface area contributed by atoms with Crippen molar-refractivity contribution in [1.82, 2.24) is 0 Å². The zero-order valence-electron chi connectivity index (χ0n) is 14.6. The Hall–Kier alpha value is -3.47. The van der Waals surface area contributed by atoms with E-state index in [9.17, 15) is 14.0 Å². The van der Waals surface area contributed by atoms with Crippen molar-refractivity contribution >= 4 is 23.2 Å². The SMILES string of the molecule is O=C(CCc1ccccc1)Nc1ccc(NC(=O)c2ccc(F)cc2)cc1. The zero-order valence-corrected chi connectivity index (χ0v) is 14.6. The highest BCUT2D eigenvalue weighted by atomic mass is 19.1. The monoisotopic (exact) mass is 362 g/mol. The van der Waals surface area contributed by atoms with Gasteiger partial charge in [0.15, 0.2) is 0 Å². The lowest BCUT2D eigenvalue weighted by Crippen LogP contribution is -2.13. The summed E-state index contributed by atoms with van der Waals surface area (Å²) in [5.74, 6) is -0.782. The third-order valence-corrected chi connectivity index (χ3v) is 4.02. The van der Waals surface area contributed by atoms with Gasteiger partial charge in [-0.1, -0.05) is 30.3 Å². The Labute approximate surface area is 157 Å². The average molecular weight is 362 g/mol. The van der Waals surface area contributed by atoms with Gasteiger partial charge in [-0.3, -0.25) is 9.59 Å². The van der Waals surface area contributed by atoms with Crippen LogP contribution in [0.4, 0.5) is 15.8 Å². The largest absolute Gasteiger partial charge is 0.326 e. The molecule has 0 fully saturated rings. The molecule has 0 saturated heterocycles. The maximum atomic E-state index is 12.9. The highest BCUT2D eigenvalue weighted by Gasteiger charge is 2.07. The lowest BCUT2D eigenvalue weighted by Gasteiger charge is -2.08. The van der Waals surface area contributed by atoms with Crippen LogP contribution < -0.4 is 10.6 Å². The predicted molar refractivity (Wildman–Crippen MR) is 104 cm³/mol. The molecule has 2 N–H and O–H groups in total. The first-order valence-electron chi connectivity index (χ1n) is 8.61. The van der Waals surface area contributed by atoms with Crippen LogP contribution in [0, 0.1) is 5.82 Å². The molecular weight excluding hydrogens is 343 g/mol. The van der Waals surface area contributed by atoms with E-state index in [2.05, 4.69) is 10.6 Å². The van der Waals surface area contributed by atoms with Crippen LogP contribution in [0.5, 0.6) is 0 Å². The molecule has 0 aliphatic carbocycles. The molecule has 4 nitrogen and oxygen atoms in total. The van der Waals surface area contributed by atoms with Gasteiger partial charge < -0.3 is 10.6 Å². The molecule has 0 aliphatic heterocycles. The molecule has 3 aromatic rings. The van der Waals surface area contributed by atoms with E-state index in [4.69, 9.17) is 0 Å². The first kappa shape index (κ1) is 18.3. The van der Waals surface area contributed by atoms with Gasteiger partial charge in [0, 0.05) is 23.4 Å². The number of aryl methyl sites for hydroxylation is 1. The second-order valence-corrected chi connectivity index (χ2v) is 6.07. The lowest BCUT2D eigenvalue weighted by atomic mass is 10.1. The van der Waals surface area contributed by atoms with Gasteiger partial charge in [0.25, 0.3) is 5.91 Å². The van der Waals surface area contributed by atoms with Crippen molar-refractivity contribution in [3.8, 4) is 0 Å². The van der Waals surface area contributed by atoms with Crippen LogP contribution in [0.15, 0.2) is 78.9 Å². The van der Waals surface area contributed by atoms with E-state index in [1.165, 1.54) is 24.3 Å². The normalized spacial score (nSPS) is 10.3. The molecule has 0 unspecified atom stereocenters. The van der Waals surface area contributed by atoms with Gasteiger partial charge in [-0.05, 0) is 60.5 Å². The molecule has 3 aromatic carbocycles. The van der Waals surface area contributed by atoms with Crippen molar-refractivity contribution in [3.63, 3.8) is 0 Å². The number of carbonyl (C=O) groups is 2. The van der Waals surface area contributed by atoms with Crippen LogP contribution in [0.25, 0.3) is 0 Å². The summed E-state index contributed by atoms with van der Waals surface area (Å²) in [6.45, 7) is 0. The molecule has 0 bridgehead atoms. The van der Waals surface area contributed by atoms with E-state index in [0.29, 0.717) is 29.8 Å². The summed E-state index contributed by atoms with van der Waals surface area (Å²) < 4.78 is 12.9. The fourth-order valence-electron chi connectivity index (χ4n) is 2.57. The van der Waals surface area contributed by atoms with Crippen LogP contribution >= 0.6 is 0 Å². The third kappa shape index (κ3) is 5.51. The van der Waals surface area contributed by atoms with Crippen LogP contribution in [-0.4, -0.2) is 11.8 Å². The van der Waals surface area contributed by atoms with Crippen LogP contribution in [-0.2, 0) is 11.2 Å². The van der Waals surface area contributed by atoms with Crippen molar-refractivity contribution in [3.05, 3.63) is 95.8 Å². The molecular formula is C22H19FN2O2. The number of anilines is 2. The Kier molecular flexibility index (Phi) is 5.94. The first-order valence-corrected chi connectivity index (χ1v) is 8.61. The molecule has 0 aromatic heterocycles. The Morgan fingerprint density at radius 3 is 1.96 bits per heavy atom. The van der Waals surface area contributed by atoms with Crippen LogP contribution in [0.2, 0.25) is 0 Å². The molecule has 136 valence electrons. The van der Waals surface area contributed by atoms with Gasteiger partial charge in [0.05, 0.1) is 0 Å². The van der Waals surface area contributed by atoms with Crippen molar-refractivity contribution in [2.45, 2.75) is 12.8 Å². The lowest BCUT2D eigenvalue weighted by molar-refractivity contribution is -0.116. The smallest absolute Gasteiger partial charge is 0.255 e. The summed E-state index contributed by atoms with van der Waals surface area (Å²) in [5, 5.41) is 5.57. The number of hydrogen-bond donors (Lipinski definition) is 2. The van der Waals surface area contributed by atoms with Crippen molar-refractivity contribution < 1.29 is 14.0 Å². The predicted octanol–water partition coefficient (Wildman–Crippen LogP) is 4.65. The third-order valence-electron chi connectivity index (χ3n) is 4.02. The molecule has 0 spiro atoms. The Balaban J connectivity index is 1.51. The first-order chi connectivity index (χ1) is 13.1. The van der Waals surface area contributed by atoms with Gasteiger partial charge in [-0.15, -0.1) is 0 Å². The summed E-state index contributed by atoms with van der Waals surface area (Å²) >= 11 is 0. The molecule has 0 aliphatic rings. The highest BCUT2D eigenvalue weighted by Crippen LogP contribution is 2.15. The quantitative estimate of drug-likeness (QED) is 0.671. The van der Waals surface area contributed by atoms with Gasteiger partial charge in [0.1, 0.15) is 5.82 Å². The van der Waals surface area contributed by atoms with E-state index >= 15 is 0 Å². The van der Waals surface area contributed by atoms with Gasteiger partial charge in [0.2, 0.25) is 5.91 Å². The maximum Gasteiger partial charge on any atom is 0.255 e. The molecule has 0 radical (unpaired) electrons. The zero-order chi connectivity index (χ0) is 19.1. The number of halogens is 1. The van der Waals surface area contributed by atoms with E-state index in [1.54, 1.807) is 24.3 Å². The fourth-order valence-corrected chi connectivity index (χ4v) is 2.57. The van der Waals surface area contributed by atoms with E-state index in [0.717, 1.165) is 5.56 Å². The van der Waals surface area contributed by atoms with Crippen molar-refractivity contribution in [1.29, 1.82) is 0 Å². The molecule has 0 saturated carbocycles. The minimum Gasteiger partial charge on any atom is -0.326 e. The topological polar surface area (TPSA) is 58.2 Å². The maximum absolute atomic E-state index is 12.9. The number of nitrogens with one attached hydrogen (secondary N) is 2. The van der Waals surface area contributed by atoms with Crippen molar-refractivity contribution in [2.75, 3.05) is 10.6 Å². The summed E-state index contributed by atoms with van der Waals surface area (Å²) in [6, 6.07) is 22.0. The Morgan fingerprint density at radius 2 is 1.33 bits per heavy atom. The number of hydrogen-bond acceptors (Lipinski definition) is 2. The highest BCUT2D eigenvalue weighted by molar-refractivity contribution is 6.04. The Morgan fingerprint density at radius 1 is 0.741 bits per heavy atom. The second kappa shape index (κ2) is 8.76. The average Bonchev–Trinajstić information content (AvgIpc) is 2.69. The van der Waals surface area contributed by atoms with Crippen LogP contribution in [0.1, 0.15) is 22.3 Å². The van der Waals surface area contributed by atoms with Gasteiger partial charge >= 0.3 is 0 Å². The number of benzene rings is 3. The van der Waals surface area contributed by atoms with Gasteiger partial charge in [-0.25, -0.2) is 4.39 Å². The standard InChI is InChI=1S/C22H19FN2O2/c23-18-9-7-17(8-10-18)22(27)25-20-13-11-19(12-14-20)24-21(26)15-6-16-4-2-1-3-5-16/h1-5,7-14H,6,15H2,(H,24,26)(H,25,27). The summed E-state index contributed by atoms with van der Waals surface area (Å²) in [7, 11) is 0. The summed E-state index contributed by atoms with van der Waals surface area (Å²) in [5.41, 5.74) is 2.74. The minimum absolute atomic E-state index is 0.0676. The summed E-state index contributed by atoms with van der Waals surface area (Å²) in [4.78, 5) is 24.2. The molecule has 0 heterocycles. The molecule has 27 heavy (non-hydrogen) atoms. The second-order valence-electron chi connectivity index (χ2n) is 6.07. The van der Waals surface area contributed by atoms with E-state index < -0.39 is 0 Å². The number of rotatable bonds is 6. The molecule has 5 heteroatoms. The van der Waals surface area contributed by atoms with E-state index in [1.807, 2.05) is 30.3 Å². The van der Waals surface area contributed by atoms with Crippen molar-refractivity contribution in [2.24, 2.45) is 0 Å².